The lowest BCUT2D eigenvalue weighted by atomic mass is 9.91. The molecule has 0 unspecified atom stereocenters. The lowest BCUT2D eigenvalue weighted by Crippen LogP contribution is -2.20. The molecular formula is C18H14F4N6O. The molecule has 3 aromatic heterocycles. The van der Waals surface area contributed by atoms with E-state index in [4.69, 9.17) is 0 Å². The summed E-state index contributed by atoms with van der Waals surface area (Å²) in [6.45, 7) is 2.32. The van der Waals surface area contributed by atoms with Gasteiger partial charge in [0.05, 0.1) is 35.7 Å². The molecule has 0 aliphatic heterocycles. The summed E-state index contributed by atoms with van der Waals surface area (Å²) in [5.74, 6) is -2.68. The third kappa shape index (κ3) is 2.98. The van der Waals surface area contributed by atoms with E-state index in [1.54, 1.807) is 10.6 Å². The van der Waals surface area contributed by atoms with Gasteiger partial charge in [0.25, 0.3) is 0 Å². The molecule has 0 saturated carbocycles. The van der Waals surface area contributed by atoms with Crippen molar-refractivity contribution in [3.05, 3.63) is 41.7 Å². The van der Waals surface area contributed by atoms with Crippen LogP contribution in [0.3, 0.4) is 0 Å². The highest BCUT2D eigenvalue weighted by Gasteiger charge is 2.41. The number of halogens is 4. The zero-order chi connectivity index (χ0) is 20.9. The van der Waals surface area contributed by atoms with Crippen molar-refractivity contribution in [3.63, 3.8) is 0 Å². The van der Waals surface area contributed by atoms with E-state index in [-0.39, 0.29) is 11.1 Å². The molecule has 3 heterocycles. The number of carbonyl (C=O) groups is 1. The topological polar surface area (TPSA) is 88.0 Å². The number of nitrogens with one attached hydrogen (secondary N) is 2. The van der Waals surface area contributed by atoms with E-state index in [1.807, 2.05) is 0 Å². The molecule has 0 fully saturated rings. The lowest BCUT2D eigenvalue weighted by Gasteiger charge is -2.20. The molecule has 150 valence electrons. The predicted molar refractivity (Wildman–Crippen MR) is 96.9 cm³/mol. The highest BCUT2D eigenvalue weighted by molar-refractivity contribution is 5.97. The predicted octanol–water partition coefficient (Wildman–Crippen LogP) is 3.95. The van der Waals surface area contributed by atoms with Crippen molar-refractivity contribution in [2.45, 2.75) is 25.9 Å². The maximum atomic E-state index is 15.1. The first-order valence-corrected chi connectivity index (χ1v) is 8.49. The molecule has 0 saturated heterocycles. The van der Waals surface area contributed by atoms with Crippen molar-refractivity contribution in [1.29, 1.82) is 0 Å². The summed E-state index contributed by atoms with van der Waals surface area (Å²) in [7, 11) is 0. The fraction of sp³-hybridized carbons (Fsp3) is 0.222. The van der Waals surface area contributed by atoms with Gasteiger partial charge in [0, 0.05) is 22.7 Å². The summed E-state index contributed by atoms with van der Waals surface area (Å²) in [4.78, 5) is 19.0. The second-order valence-corrected chi connectivity index (χ2v) is 6.58. The number of nitrogens with zero attached hydrogens (tertiary/aromatic N) is 4. The Hall–Kier alpha value is -3.50. The molecule has 1 amide bonds. The monoisotopic (exact) mass is 406 g/mol. The number of amides is 1. The van der Waals surface area contributed by atoms with E-state index in [0.29, 0.717) is 34.5 Å². The minimum absolute atomic E-state index is 0.0243. The Morgan fingerprint density at radius 2 is 2.03 bits per heavy atom. The Kier molecular flexibility index (Phi) is 4.25. The lowest BCUT2D eigenvalue weighted by molar-refractivity contribution is -0.146. The molecule has 4 aromatic rings. The van der Waals surface area contributed by atoms with E-state index >= 15 is 4.39 Å². The minimum Gasteiger partial charge on any atom is -0.312 e. The van der Waals surface area contributed by atoms with Crippen molar-refractivity contribution >= 4 is 28.8 Å². The standard InChI is InChI=1S/C18H14F4N6O/c1-8-14(11-5-28-6-12(24-7-29)26-13(28)4-23-11)10-3-25-27-17(10)15(16(8)19)9(2)18(20,21)22/h3-7,9H,1-2H3,(H,24,29)(H,25,27)/t9-/m0/s1. The van der Waals surface area contributed by atoms with E-state index in [1.165, 1.54) is 25.5 Å². The number of imidazole rings is 1. The largest absolute Gasteiger partial charge is 0.395 e. The number of benzene rings is 1. The van der Waals surface area contributed by atoms with Gasteiger partial charge in [-0.15, -0.1) is 0 Å². The second kappa shape index (κ2) is 6.54. The third-order valence-electron chi connectivity index (χ3n) is 4.85. The fourth-order valence-corrected chi connectivity index (χ4v) is 3.36. The summed E-state index contributed by atoms with van der Waals surface area (Å²) >= 11 is 0. The maximum Gasteiger partial charge on any atom is 0.395 e. The first kappa shape index (κ1) is 18.8. The Morgan fingerprint density at radius 3 is 2.72 bits per heavy atom. The quantitative estimate of drug-likeness (QED) is 0.397. The van der Waals surface area contributed by atoms with Gasteiger partial charge in [-0.3, -0.25) is 14.9 Å². The Balaban J connectivity index is 1.96. The Morgan fingerprint density at radius 1 is 1.28 bits per heavy atom. The molecule has 29 heavy (non-hydrogen) atoms. The van der Waals surface area contributed by atoms with Gasteiger partial charge in [-0.1, -0.05) is 0 Å². The van der Waals surface area contributed by atoms with Crippen LogP contribution in [0.4, 0.5) is 23.4 Å². The summed E-state index contributed by atoms with van der Waals surface area (Å²) in [5, 5.41) is 9.06. The van der Waals surface area contributed by atoms with Crippen molar-refractivity contribution in [2.24, 2.45) is 0 Å². The van der Waals surface area contributed by atoms with Gasteiger partial charge in [-0.25, -0.2) is 9.37 Å². The van der Waals surface area contributed by atoms with Gasteiger partial charge in [0.2, 0.25) is 6.41 Å². The number of rotatable bonds is 4. The van der Waals surface area contributed by atoms with Crippen LogP contribution in [-0.2, 0) is 4.79 Å². The fourth-order valence-electron chi connectivity index (χ4n) is 3.36. The minimum atomic E-state index is -4.61. The van der Waals surface area contributed by atoms with Crippen molar-refractivity contribution in [1.82, 2.24) is 24.6 Å². The molecule has 11 heteroatoms. The first-order valence-electron chi connectivity index (χ1n) is 8.49. The molecule has 1 atom stereocenters. The van der Waals surface area contributed by atoms with Crippen LogP contribution in [0, 0.1) is 12.7 Å². The number of hydrogen-bond acceptors (Lipinski definition) is 4. The summed E-state index contributed by atoms with van der Waals surface area (Å²) in [5.41, 5.74) is 0.604. The molecule has 0 aliphatic carbocycles. The van der Waals surface area contributed by atoms with Crippen molar-refractivity contribution in [3.8, 4) is 11.3 Å². The molecule has 2 N–H and O–H groups in total. The number of hydrogen-bond donors (Lipinski definition) is 2. The number of aromatic amines is 1. The van der Waals surface area contributed by atoms with Gasteiger partial charge in [0.1, 0.15) is 5.82 Å². The van der Waals surface area contributed by atoms with Crippen LogP contribution < -0.4 is 5.32 Å². The van der Waals surface area contributed by atoms with Gasteiger partial charge >= 0.3 is 6.18 Å². The van der Waals surface area contributed by atoms with E-state index in [0.717, 1.165) is 6.92 Å². The first-order chi connectivity index (χ1) is 13.7. The van der Waals surface area contributed by atoms with Crippen LogP contribution in [-0.4, -0.2) is 37.2 Å². The van der Waals surface area contributed by atoms with Gasteiger partial charge in [0.15, 0.2) is 11.5 Å². The third-order valence-corrected chi connectivity index (χ3v) is 4.85. The highest BCUT2D eigenvalue weighted by Crippen LogP contribution is 2.42. The normalized spacial score (nSPS) is 13.2. The molecule has 0 aliphatic rings. The Labute approximate surface area is 160 Å². The van der Waals surface area contributed by atoms with E-state index < -0.39 is 23.5 Å². The van der Waals surface area contributed by atoms with Crippen LogP contribution in [0.2, 0.25) is 0 Å². The number of anilines is 1. The second-order valence-electron chi connectivity index (χ2n) is 6.58. The van der Waals surface area contributed by atoms with Crippen LogP contribution in [0.5, 0.6) is 0 Å². The number of fused-ring (bicyclic) bond motifs is 2. The average molecular weight is 406 g/mol. The van der Waals surface area contributed by atoms with Crippen molar-refractivity contribution in [2.75, 3.05) is 5.32 Å². The molecule has 7 nitrogen and oxygen atoms in total. The van der Waals surface area contributed by atoms with E-state index in [9.17, 15) is 18.0 Å². The van der Waals surface area contributed by atoms with Crippen LogP contribution in [0.15, 0.2) is 24.8 Å². The molecule has 1 aromatic carbocycles. The molecule has 4 rings (SSSR count). The molecule has 0 bridgehead atoms. The van der Waals surface area contributed by atoms with Crippen LogP contribution >= 0.6 is 0 Å². The van der Waals surface area contributed by atoms with Crippen LogP contribution in [0.1, 0.15) is 24.0 Å². The van der Waals surface area contributed by atoms with Crippen molar-refractivity contribution < 1.29 is 22.4 Å². The van der Waals surface area contributed by atoms with Gasteiger partial charge < -0.3 is 9.72 Å². The number of alkyl halides is 3. The Bertz CT molecular complexity index is 1240. The molecular weight excluding hydrogens is 392 g/mol. The number of H-pyrrole nitrogens is 1. The number of aromatic nitrogens is 5. The highest BCUT2D eigenvalue weighted by atomic mass is 19.4. The molecule has 0 radical (unpaired) electrons. The molecule has 0 spiro atoms. The average Bonchev–Trinajstić information content (AvgIpc) is 3.28. The zero-order valence-corrected chi connectivity index (χ0v) is 15.2. The smallest absolute Gasteiger partial charge is 0.312 e. The summed E-state index contributed by atoms with van der Waals surface area (Å²) < 4.78 is 56.6. The zero-order valence-electron chi connectivity index (χ0n) is 15.2. The number of carbonyl (C=O) groups excluding carboxylic acids is 1. The summed E-state index contributed by atoms with van der Waals surface area (Å²) in [6, 6.07) is 0. The summed E-state index contributed by atoms with van der Waals surface area (Å²) in [6.07, 6.45) is 1.73. The van der Waals surface area contributed by atoms with Gasteiger partial charge in [-0.2, -0.15) is 18.3 Å². The van der Waals surface area contributed by atoms with E-state index in [2.05, 4.69) is 25.5 Å². The maximum absolute atomic E-state index is 15.1. The van der Waals surface area contributed by atoms with Crippen LogP contribution in [0.25, 0.3) is 27.8 Å². The SMILES string of the molecule is Cc1c(F)c([C@H](C)C(F)(F)F)c2[nH]ncc2c1-c1cn2cc(NC=O)nc2cn1. The van der Waals surface area contributed by atoms with Gasteiger partial charge in [-0.05, 0) is 19.4 Å².